The van der Waals surface area contributed by atoms with E-state index in [4.69, 9.17) is 5.73 Å². The molecule has 0 saturated heterocycles. The van der Waals surface area contributed by atoms with Gasteiger partial charge in [-0.15, -0.1) is 11.3 Å². The number of benzene rings is 1. The first-order valence-corrected chi connectivity index (χ1v) is 7.44. The predicted molar refractivity (Wildman–Crippen MR) is 85.3 cm³/mol. The molecule has 0 unspecified atom stereocenters. The lowest BCUT2D eigenvalue weighted by molar-refractivity contribution is 0.0964. The van der Waals surface area contributed by atoms with Crippen LogP contribution >= 0.6 is 11.3 Å². The van der Waals surface area contributed by atoms with E-state index in [0.29, 0.717) is 17.8 Å². The summed E-state index contributed by atoms with van der Waals surface area (Å²) in [6.45, 7) is 2.84. The van der Waals surface area contributed by atoms with Gasteiger partial charge in [0, 0.05) is 29.8 Å². The number of nitrogens with one attached hydrogen (secondary N) is 2. The molecule has 0 bridgehead atoms. The van der Waals surface area contributed by atoms with Crippen molar-refractivity contribution in [2.75, 3.05) is 18.1 Å². The van der Waals surface area contributed by atoms with E-state index in [-0.39, 0.29) is 5.91 Å². The fraction of sp³-hybridized carbons (Fsp3) is 0.267. The summed E-state index contributed by atoms with van der Waals surface area (Å²) in [5.74, 6) is -0.116. The number of amides is 1. The summed E-state index contributed by atoms with van der Waals surface area (Å²) < 4.78 is 0. The van der Waals surface area contributed by atoms with Crippen LogP contribution in [-0.2, 0) is 13.0 Å². The number of hydrogen-bond donors (Lipinski definition) is 3. The molecule has 1 amide bonds. The van der Waals surface area contributed by atoms with Gasteiger partial charge >= 0.3 is 0 Å². The molecule has 106 valence electrons. The summed E-state index contributed by atoms with van der Waals surface area (Å²) in [7, 11) is 1.62. The highest BCUT2D eigenvalue weighted by Crippen LogP contribution is 2.23. The van der Waals surface area contributed by atoms with Gasteiger partial charge in [-0.3, -0.25) is 4.79 Å². The normalized spacial score (nSPS) is 10.3. The fourth-order valence-corrected chi connectivity index (χ4v) is 2.97. The monoisotopic (exact) mass is 289 g/mol. The van der Waals surface area contributed by atoms with E-state index in [0.717, 1.165) is 12.1 Å². The molecule has 4 N–H and O–H groups in total. The molecule has 4 nitrogen and oxygen atoms in total. The second kappa shape index (κ2) is 6.43. The van der Waals surface area contributed by atoms with E-state index in [1.165, 1.54) is 10.4 Å². The van der Waals surface area contributed by atoms with Crippen LogP contribution in [0.15, 0.2) is 29.6 Å². The van der Waals surface area contributed by atoms with Crippen molar-refractivity contribution in [3.63, 3.8) is 0 Å². The second-order valence-electron chi connectivity index (χ2n) is 4.46. The molecule has 0 aliphatic rings. The summed E-state index contributed by atoms with van der Waals surface area (Å²) in [5, 5.41) is 8.05. The molecule has 0 fully saturated rings. The minimum Gasteiger partial charge on any atom is -0.399 e. The molecule has 2 aromatic rings. The van der Waals surface area contributed by atoms with E-state index < -0.39 is 0 Å². The van der Waals surface area contributed by atoms with Crippen LogP contribution in [0.5, 0.6) is 0 Å². The Morgan fingerprint density at radius 1 is 1.35 bits per heavy atom. The third-order valence-electron chi connectivity index (χ3n) is 3.17. The minimum absolute atomic E-state index is 0.116. The molecule has 0 spiro atoms. The van der Waals surface area contributed by atoms with Crippen molar-refractivity contribution in [3.05, 3.63) is 45.6 Å². The highest BCUT2D eigenvalue weighted by molar-refractivity contribution is 7.10. The molecular formula is C15H19N3OS. The lowest BCUT2D eigenvalue weighted by Crippen LogP contribution is -2.19. The molecule has 0 aliphatic carbocycles. The molecule has 1 aromatic heterocycles. The molecule has 0 aliphatic heterocycles. The van der Waals surface area contributed by atoms with Gasteiger partial charge in [-0.05, 0) is 41.6 Å². The van der Waals surface area contributed by atoms with Gasteiger partial charge in [0.15, 0.2) is 0 Å². The van der Waals surface area contributed by atoms with Crippen LogP contribution in [0.2, 0.25) is 0 Å². The van der Waals surface area contributed by atoms with E-state index in [2.05, 4.69) is 29.0 Å². The third kappa shape index (κ3) is 3.11. The third-order valence-corrected chi connectivity index (χ3v) is 4.14. The zero-order chi connectivity index (χ0) is 14.5. The molecule has 1 heterocycles. The highest BCUT2D eigenvalue weighted by Gasteiger charge is 2.11. The van der Waals surface area contributed by atoms with Crippen LogP contribution in [0.4, 0.5) is 11.4 Å². The Balaban J connectivity index is 2.20. The Morgan fingerprint density at radius 2 is 2.15 bits per heavy atom. The number of nitrogen functional groups attached to an aromatic ring is 1. The largest absolute Gasteiger partial charge is 0.399 e. The zero-order valence-electron chi connectivity index (χ0n) is 11.7. The van der Waals surface area contributed by atoms with Gasteiger partial charge in [-0.25, -0.2) is 0 Å². The minimum atomic E-state index is -0.116. The van der Waals surface area contributed by atoms with Crippen LogP contribution in [-0.4, -0.2) is 13.0 Å². The quantitative estimate of drug-likeness (QED) is 0.741. The van der Waals surface area contributed by atoms with Gasteiger partial charge in [-0.2, -0.15) is 0 Å². The van der Waals surface area contributed by atoms with E-state index in [1.807, 2.05) is 0 Å². The van der Waals surface area contributed by atoms with Crippen molar-refractivity contribution in [1.82, 2.24) is 5.32 Å². The Labute approximate surface area is 123 Å². The highest BCUT2D eigenvalue weighted by atomic mass is 32.1. The predicted octanol–water partition coefficient (Wildman–Crippen LogP) is 2.86. The van der Waals surface area contributed by atoms with Crippen molar-refractivity contribution in [2.45, 2.75) is 19.9 Å². The fourth-order valence-electron chi connectivity index (χ4n) is 2.05. The van der Waals surface area contributed by atoms with Crippen LogP contribution in [0.1, 0.15) is 27.7 Å². The molecule has 2 rings (SSSR count). The number of nitrogens with two attached hydrogens (primary N) is 1. The first-order valence-electron chi connectivity index (χ1n) is 6.56. The molecule has 0 radical (unpaired) electrons. The lowest BCUT2D eigenvalue weighted by atomic mass is 10.1. The SMILES string of the molecule is CCc1ccsc1CNc1cc(N)ccc1C(=O)NC. The number of carbonyl (C=O) groups is 1. The molecule has 20 heavy (non-hydrogen) atoms. The summed E-state index contributed by atoms with van der Waals surface area (Å²) >= 11 is 1.72. The molecule has 0 atom stereocenters. The van der Waals surface area contributed by atoms with Crippen LogP contribution in [0, 0.1) is 0 Å². The maximum Gasteiger partial charge on any atom is 0.253 e. The number of aryl methyl sites for hydroxylation is 1. The zero-order valence-corrected chi connectivity index (χ0v) is 12.5. The van der Waals surface area contributed by atoms with Crippen LogP contribution in [0.25, 0.3) is 0 Å². The smallest absolute Gasteiger partial charge is 0.253 e. The summed E-state index contributed by atoms with van der Waals surface area (Å²) in [6.07, 6.45) is 1.01. The summed E-state index contributed by atoms with van der Waals surface area (Å²) in [5.41, 5.74) is 9.16. The molecular weight excluding hydrogens is 270 g/mol. The summed E-state index contributed by atoms with van der Waals surface area (Å²) in [6, 6.07) is 7.41. The average molecular weight is 289 g/mol. The number of hydrogen-bond acceptors (Lipinski definition) is 4. The Bertz CT molecular complexity index is 607. The molecule has 1 aromatic carbocycles. The number of carbonyl (C=O) groups excluding carboxylic acids is 1. The van der Waals surface area contributed by atoms with Crippen molar-refractivity contribution in [1.29, 1.82) is 0 Å². The van der Waals surface area contributed by atoms with Gasteiger partial charge in [0.25, 0.3) is 5.91 Å². The van der Waals surface area contributed by atoms with Crippen LogP contribution in [0.3, 0.4) is 0 Å². The van der Waals surface area contributed by atoms with Gasteiger partial charge in [0.05, 0.1) is 5.56 Å². The van der Waals surface area contributed by atoms with Crippen molar-refractivity contribution >= 4 is 28.6 Å². The Morgan fingerprint density at radius 3 is 2.85 bits per heavy atom. The molecule has 0 saturated carbocycles. The van der Waals surface area contributed by atoms with Crippen molar-refractivity contribution in [2.24, 2.45) is 0 Å². The van der Waals surface area contributed by atoms with Gasteiger partial charge in [0.2, 0.25) is 0 Å². The topological polar surface area (TPSA) is 67.1 Å². The molecule has 5 heteroatoms. The van der Waals surface area contributed by atoms with Crippen LogP contribution < -0.4 is 16.4 Å². The first kappa shape index (κ1) is 14.4. The second-order valence-corrected chi connectivity index (χ2v) is 5.46. The van der Waals surface area contributed by atoms with Crippen molar-refractivity contribution < 1.29 is 4.79 Å². The number of thiophene rings is 1. The summed E-state index contributed by atoms with van der Waals surface area (Å²) in [4.78, 5) is 13.1. The Hall–Kier alpha value is -2.01. The van der Waals surface area contributed by atoms with E-state index in [9.17, 15) is 4.79 Å². The van der Waals surface area contributed by atoms with E-state index in [1.54, 1.807) is 36.6 Å². The number of anilines is 2. The average Bonchev–Trinajstić information content (AvgIpc) is 2.91. The maximum atomic E-state index is 11.8. The van der Waals surface area contributed by atoms with Gasteiger partial charge < -0.3 is 16.4 Å². The van der Waals surface area contributed by atoms with Crippen molar-refractivity contribution in [3.8, 4) is 0 Å². The number of rotatable bonds is 5. The standard InChI is InChI=1S/C15H19N3OS/c1-3-10-6-7-20-14(10)9-18-13-8-11(16)4-5-12(13)15(19)17-2/h4-8,18H,3,9,16H2,1-2H3,(H,17,19). The van der Waals surface area contributed by atoms with E-state index >= 15 is 0 Å². The lowest BCUT2D eigenvalue weighted by Gasteiger charge is -2.12. The maximum absolute atomic E-state index is 11.8. The van der Waals surface area contributed by atoms with Gasteiger partial charge in [-0.1, -0.05) is 6.92 Å². The van der Waals surface area contributed by atoms with Gasteiger partial charge in [0.1, 0.15) is 0 Å². The Kier molecular flexibility index (Phi) is 4.63. The first-order chi connectivity index (χ1) is 9.65.